The number of hydrogen-bond donors (Lipinski definition) is 1. The van der Waals surface area contributed by atoms with Crippen LogP contribution in [0.2, 0.25) is 0 Å². The van der Waals surface area contributed by atoms with Gasteiger partial charge in [0.05, 0.1) is 16.2 Å². The Morgan fingerprint density at radius 1 is 0.844 bits per heavy atom. The number of carbonyl (C=O) groups is 2. The summed E-state index contributed by atoms with van der Waals surface area (Å²) < 4.78 is 0. The van der Waals surface area contributed by atoms with Crippen molar-refractivity contribution >= 4 is 34.4 Å². The van der Waals surface area contributed by atoms with Crippen LogP contribution < -0.4 is 10.2 Å². The number of benzene rings is 3. The van der Waals surface area contributed by atoms with Crippen molar-refractivity contribution in [1.82, 2.24) is 0 Å². The van der Waals surface area contributed by atoms with Gasteiger partial charge in [-0.3, -0.25) is 19.7 Å². The molecule has 32 heavy (non-hydrogen) atoms. The molecule has 1 heterocycles. The van der Waals surface area contributed by atoms with Gasteiger partial charge in [0.15, 0.2) is 0 Å². The van der Waals surface area contributed by atoms with Gasteiger partial charge in [0.1, 0.15) is 5.70 Å². The van der Waals surface area contributed by atoms with Crippen LogP contribution in [0.5, 0.6) is 0 Å². The number of anilines is 2. The van der Waals surface area contributed by atoms with Crippen LogP contribution in [0.25, 0.3) is 5.57 Å². The third-order valence-electron chi connectivity index (χ3n) is 5.49. The normalized spacial score (nSPS) is 13.7. The number of amides is 2. The average Bonchev–Trinajstić information content (AvgIpc) is 3.00. The molecule has 0 aromatic heterocycles. The van der Waals surface area contributed by atoms with Gasteiger partial charge in [-0.15, -0.1) is 0 Å². The molecule has 1 aliphatic rings. The van der Waals surface area contributed by atoms with Crippen molar-refractivity contribution < 1.29 is 14.5 Å². The minimum absolute atomic E-state index is 0.0923. The summed E-state index contributed by atoms with van der Waals surface area (Å²) in [4.78, 5) is 38.5. The largest absolute Gasteiger partial charge is 0.350 e. The summed E-state index contributed by atoms with van der Waals surface area (Å²) in [6.07, 6.45) is 0. The lowest BCUT2D eigenvalue weighted by atomic mass is 10.0. The van der Waals surface area contributed by atoms with E-state index in [1.54, 1.807) is 18.2 Å². The smallest absolute Gasteiger partial charge is 0.282 e. The predicted molar refractivity (Wildman–Crippen MR) is 123 cm³/mol. The summed E-state index contributed by atoms with van der Waals surface area (Å²) in [5, 5.41) is 14.2. The van der Waals surface area contributed by atoms with Gasteiger partial charge >= 0.3 is 0 Å². The van der Waals surface area contributed by atoms with Crippen LogP contribution in [0, 0.1) is 30.9 Å². The van der Waals surface area contributed by atoms with Gasteiger partial charge < -0.3 is 5.32 Å². The second-order valence-electron chi connectivity index (χ2n) is 7.76. The van der Waals surface area contributed by atoms with E-state index in [0.717, 1.165) is 21.6 Å². The number of nitrogens with one attached hydrogen (secondary N) is 1. The van der Waals surface area contributed by atoms with Crippen LogP contribution >= 0.6 is 0 Å². The van der Waals surface area contributed by atoms with Crippen molar-refractivity contribution in [1.29, 1.82) is 0 Å². The topological polar surface area (TPSA) is 92.6 Å². The molecule has 2 amide bonds. The van der Waals surface area contributed by atoms with Gasteiger partial charge in [-0.05, 0) is 79.4 Å². The Balaban J connectivity index is 1.83. The molecule has 1 N–H and O–H groups in total. The van der Waals surface area contributed by atoms with Gasteiger partial charge in [-0.1, -0.05) is 18.2 Å². The summed E-state index contributed by atoms with van der Waals surface area (Å²) in [6, 6.07) is 18.4. The predicted octanol–water partition coefficient (Wildman–Crippen LogP) is 4.92. The lowest BCUT2D eigenvalue weighted by molar-refractivity contribution is -0.384. The minimum Gasteiger partial charge on any atom is -0.350 e. The second-order valence-corrected chi connectivity index (χ2v) is 7.76. The summed E-state index contributed by atoms with van der Waals surface area (Å²) in [5.41, 5.74) is 4.84. The van der Waals surface area contributed by atoms with Crippen LogP contribution in [-0.4, -0.2) is 16.7 Å². The molecule has 0 atom stereocenters. The van der Waals surface area contributed by atoms with Crippen molar-refractivity contribution in [3.05, 3.63) is 105 Å². The number of non-ortho nitro benzene ring substituents is 1. The summed E-state index contributed by atoms with van der Waals surface area (Å²) in [5.74, 6) is -0.965. The van der Waals surface area contributed by atoms with Crippen molar-refractivity contribution in [3.63, 3.8) is 0 Å². The molecule has 7 nitrogen and oxygen atoms in total. The van der Waals surface area contributed by atoms with E-state index >= 15 is 0 Å². The molecule has 0 aliphatic carbocycles. The minimum atomic E-state index is -0.507. The fourth-order valence-electron chi connectivity index (χ4n) is 3.63. The first-order valence-electron chi connectivity index (χ1n) is 10.0. The number of rotatable bonds is 5. The zero-order valence-corrected chi connectivity index (χ0v) is 17.9. The van der Waals surface area contributed by atoms with E-state index in [0.29, 0.717) is 16.9 Å². The maximum atomic E-state index is 13.4. The van der Waals surface area contributed by atoms with E-state index in [-0.39, 0.29) is 17.0 Å². The van der Waals surface area contributed by atoms with Gasteiger partial charge in [0, 0.05) is 17.8 Å². The molecule has 7 heteroatoms. The first kappa shape index (κ1) is 21.0. The molecule has 0 unspecified atom stereocenters. The van der Waals surface area contributed by atoms with Crippen molar-refractivity contribution in [2.24, 2.45) is 0 Å². The van der Waals surface area contributed by atoms with Crippen molar-refractivity contribution in [2.75, 3.05) is 10.2 Å². The standard InChI is InChI=1S/C25H21N3O4/c1-15-5-4-6-21(13-15)27-24(29)22(18-8-11-20(12-9-18)28(31)32)23(25(27)30)26-19-10-7-16(2)17(3)14-19/h4-14,26H,1-3H3. The number of carbonyl (C=O) groups excluding carboxylic acids is 2. The Morgan fingerprint density at radius 2 is 1.56 bits per heavy atom. The lowest BCUT2D eigenvalue weighted by Crippen LogP contribution is -2.32. The van der Waals surface area contributed by atoms with E-state index < -0.39 is 16.7 Å². The van der Waals surface area contributed by atoms with E-state index in [2.05, 4.69) is 5.32 Å². The van der Waals surface area contributed by atoms with Gasteiger partial charge in [0.25, 0.3) is 17.5 Å². The monoisotopic (exact) mass is 427 g/mol. The third kappa shape index (κ3) is 3.76. The van der Waals surface area contributed by atoms with Gasteiger partial charge in [0.2, 0.25) is 0 Å². The highest BCUT2D eigenvalue weighted by molar-refractivity contribution is 6.46. The van der Waals surface area contributed by atoms with E-state index in [4.69, 9.17) is 0 Å². The van der Waals surface area contributed by atoms with Crippen LogP contribution in [0.4, 0.5) is 17.1 Å². The van der Waals surface area contributed by atoms with Crippen LogP contribution in [-0.2, 0) is 9.59 Å². The zero-order valence-electron chi connectivity index (χ0n) is 17.9. The molecule has 160 valence electrons. The van der Waals surface area contributed by atoms with Crippen LogP contribution in [0.1, 0.15) is 22.3 Å². The number of hydrogen-bond acceptors (Lipinski definition) is 5. The molecule has 1 aliphatic heterocycles. The van der Waals surface area contributed by atoms with E-state index in [1.165, 1.54) is 24.3 Å². The van der Waals surface area contributed by atoms with E-state index in [9.17, 15) is 19.7 Å². The Labute approximate surface area is 185 Å². The molecular weight excluding hydrogens is 406 g/mol. The fraction of sp³-hybridized carbons (Fsp3) is 0.120. The Kier molecular flexibility index (Phi) is 5.32. The summed E-state index contributed by atoms with van der Waals surface area (Å²) in [7, 11) is 0. The average molecular weight is 427 g/mol. The number of nitrogens with zero attached hydrogens (tertiary/aromatic N) is 2. The fourth-order valence-corrected chi connectivity index (χ4v) is 3.63. The molecule has 0 saturated carbocycles. The highest BCUT2D eigenvalue weighted by atomic mass is 16.6. The molecular formula is C25H21N3O4. The summed E-state index contributed by atoms with van der Waals surface area (Å²) in [6.45, 7) is 5.84. The van der Waals surface area contributed by atoms with Crippen molar-refractivity contribution in [2.45, 2.75) is 20.8 Å². The third-order valence-corrected chi connectivity index (χ3v) is 5.49. The van der Waals surface area contributed by atoms with Crippen molar-refractivity contribution in [3.8, 4) is 0 Å². The number of imide groups is 1. The Morgan fingerprint density at radius 3 is 2.19 bits per heavy atom. The number of nitro benzene ring substituents is 1. The maximum absolute atomic E-state index is 13.4. The van der Waals surface area contributed by atoms with Crippen LogP contribution in [0.15, 0.2) is 72.4 Å². The molecule has 3 aromatic rings. The highest BCUT2D eigenvalue weighted by Gasteiger charge is 2.40. The Bertz CT molecular complexity index is 1290. The van der Waals surface area contributed by atoms with Crippen LogP contribution in [0.3, 0.4) is 0 Å². The molecule has 3 aromatic carbocycles. The number of nitro groups is 1. The lowest BCUT2D eigenvalue weighted by Gasteiger charge is -2.16. The molecule has 0 saturated heterocycles. The molecule has 0 fully saturated rings. The maximum Gasteiger partial charge on any atom is 0.282 e. The number of aryl methyl sites for hydroxylation is 3. The first-order chi connectivity index (χ1) is 15.3. The van der Waals surface area contributed by atoms with Gasteiger partial charge in [-0.2, -0.15) is 0 Å². The quantitative estimate of drug-likeness (QED) is 0.355. The Hall–Kier alpha value is -4.26. The summed E-state index contributed by atoms with van der Waals surface area (Å²) >= 11 is 0. The molecule has 0 spiro atoms. The zero-order chi connectivity index (χ0) is 23.0. The van der Waals surface area contributed by atoms with Gasteiger partial charge in [-0.25, -0.2) is 4.90 Å². The highest BCUT2D eigenvalue weighted by Crippen LogP contribution is 2.34. The SMILES string of the molecule is Cc1cccc(N2C(=O)C(Nc3ccc(C)c(C)c3)=C(c3ccc([N+](=O)[O-])cc3)C2=O)c1. The molecule has 4 rings (SSSR count). The second kappa shape index (κ2) is 8.11. The molecule has 0 radical (unpaired) electrons. The first-order valence-corrected chi connectivity index (χ1v) is 10.0. The van der Waals surface area contributed by atoms with E-state index in [1.807, 2.05) is 45.0 Å². The molecule has 0 bridgehead atoms.